The first kappa shape index (κ1) is 42.6. The molecule has 2 atom stereocenters. The fourth-order valence-electron chi connectivity index (χ4n) is 8.55. The number of anilines is 2. The van der Waals surface area contributed by atoms with Crippen molar-refractivity contribution in [2.24, 2.45) is 0 Å². The standard InChI is InChI=1S/C44H51F4N7O5/c1-25(28-17-30(44(46,47)48)20-31(49)18-28)50-41-34-22-38(59-3)39(23-36(34)51-26(2)52-41)60-16-8-6-4-5-7-13-54-14-11-27(12-15-54)32-19-29-24-55(43(58)33(29)21-35(32)45)37-9-10-40(56)53-42(37)57/h17-23,25,27,37H,4-16,24,49H2,1-3H3,(H,50,51,52)(H,53,56,57)/t25-,37?/m1/s1. The zero-order chi connectivity index (χ0) is 42.7. The lowest BCUT2D eigenvalue weighted by Gasteiger charge is -2.32. The largest absolute Gasteiger partial charge is 0.493 e. The third-order valence-electron chi connectivity index (χ3n) is 11.8. The van der Waals surface area contributed by atoms with Crippen LogP contribution in [0, 0.1) is 12.7 Å². The van der Waals surface area contributed by atoms with Gasteiger partial charge in [-0.25, -0.2) is 14.4 Å². The number of alkyl halides is 3. The number of benzene rings is 3. The molecule has 1 unspecified atom stereocenters. The molecule has 3 aliphatic heterocycles. The number of carbonyl (C=O) groups is 3. The molecule has 2 fully saturated rings. The molecule has 3 amide bonds. The number of ether oxygens (including phenoxy) is 2. The van der Waals surface area contributed by atoms with Gasteiger partial charge < -0.3 is 30.3 Å². The Hall–Kier alpha value is -5.51. The molecule has 0 radical (unpaired) electrons. The predicted octanol–water partition coefficient (Wildman–Crippen LogP) is 7.83. The highest BCUT2D eigenvalue weighted by molar-refractivity contribution is 6.05. The molecular weight excluding hydrogens is 783 g/mol. The number of carbonyl (C=O) groups excluding carboxylic acids is 3. The molecule has 1 aromatic heterocycles. The first-order chi connectivity index (χ1) is 28.7. The molecule has 0 bridgehead atoms. The first-order valence-electron chi connectivity index (χ1n) is 20.6. The first-order valence-corrected chi connectivity index (χ1v) is 20.6. The smallest absolute Gasteiger partial charge is 0.416 e. The second-order valence-electron chi connectivity index (χ2n) is 16.1. The number of halogens is 4. The number of unbranched alkanes of at least 4 members (excludes halogenated alkanes) is 4. The zero-order valence-corrected chi connectivity index (χ0v) is 34.1. The SMILES string of the molecule is COc1cc2c(N[C@H](C)c3cc(N)cc(C(F)(F)F)c3)nc(C)nc2cc1OCCCCCCCN1CCC(c2cc3c(cc2F)C(=O)N(C2CCC(=O)NC2=O)C3)CC1. The van der Waals surface area contributed by atoms with Crippen LogP contribution in [0.4, 0.5) is 29.1 Å². The summed E-state index contributed by atoms with van der Waals surface area (Å²) in [7, 11) is 1.54. The summed E-state index contributed by atoms with van der Waals surface area (Å²) >= 11 is 0. The maximum Gasteiger partial charge on any atom is 0.416 e. The van der Waals surface area contributed by atoms with Crippen molar-refractivity contribution in [1.82, 2.24) is 25.1 Å². The average molecular weight is 834 g/mol. The second-order valence-corrected chi connectivity index (χ2v) is 16.1. The van der Waals surface area contributed by atoms with E-state index >= 15 is 4.39 Å². The van der Waals surface area contributed by atoms with Crippen molar-refractivity contribution < 1.29 is 41.4 Å². The molecule has 0 aliphatic carbocycles. The lowest BCUT2D eigenvalue weighted by molar-refractivity contribution is -0.138. The van der Waals surface area contributed by atoms with Crippen molar-refractivity contribution in [3.05, 3.63) is 81.9 Å². The number of nitrogens with two attached hydrogens (primary N) is 1. The molecule has 3 aromatic carbocycles. The molecule has 4 aromatic rings. The second kappa shape index (κ2) is 18.0. The Bertz CT molecular complexity index is 2260. The number of hydrogen-bond acceptors (Lipinski definition) is 10. The van der Waals surface area contributed by atoms with Crippen LogP contribution >= 0.6 is 0 Å². The normalized spacial score (nSPS) is 18.1. The Balaban J connectivity index is 0.840. The molecule has 16 heteroatoms. The quantitative estimate of drug-likeness (QED) is 0.0468. The summed E-state index contributed by atoms with van der Waals surface area (Å²) in [5, 5.41) is 6.17. The van der Waals surface area contributed by atoms with E-state index in [1.807, 2.05) is 6.07 Å². The number of amides is 3. The van der Waals surface area contributed by atoms with Crippen LogP contribution < -0.4 is 25.8 Å². The number of imide groups is 1. The highest BCUT2D eigenvalue weighted by Crippen LogP contribution is 2.38. The van der Waals surface area contributed by atoms with Crippen LogP contribution in [0.25, 0.3) is 10.9 Å². The summed E-state index contributed by atoms with van der Waals surface area (Å²) in [6.07, 6.45) is 2.61. The summed E-state index contributed by atoms with van der Waals surface area (Å²) < 4.78 is 67.5. The van der Waals surface area contributed by atoms with Gasteiger partial charge in [0.25, 0.3) is 5.91 Å². The number of aromatic nitrogens is 2. The van der Waals surface area contributed by atoms with Crippen molar-refractivity contribution in [3.63, 3.8) is 0 Å². The van der Waals surface area contributed by atoms with Crippen molar-refractivity contribution in [2.45, 2.75) is 102 Å². The molecule has 0 spiro atoms. The fourth-order valence-corrected chi connectivity index (χ4v) is 8.55. The van der Waals surface area contributed by atoms with Crippen LogP contribution in [-0.4, -0.2) is 76.9 Å². The molecule has 320 valence electrons. The molecule has 4 N–H and O–H groups in total. The molecule has 3 aliphatic rings. The van der Waals surface area contributed by atoms with Crippen LogP contribution in [0.15, 0.2) is 42.5 Å². The molecular formula is C44H51F4N7O5. The van der Waals surface area contributed by atoms with Crippen LogP contribution in [0.3, 0.4) is 0 Å². The Kier molecular flexibility index (Phi) is 12.8. The molecule has 0 saturated carbocycles. The third kappa shape index (κ3) is 9.59. The van der Waals surface area contributed by atoms with E-state index < -0.39 is 29.7 Å². The number of nitrogen functional groups attached to an aromatic ring is 1. The van der Waals surface area contributed by atoms with Gasteiger partial charge in [-0.2, -0.15) is 13.2 Å². The minimum Gasteiger partial charge on any atom is -0.493 e. The van der Waals surface area contributed by atoms with E-state index in [1.165, 1.54) is 17.0 Å². The molecule has 2 saturated heterocycles. The van der Waals surface area contributed by atoms with E-state index in [0.717, 1.165) is 82.3 Å². The van der Waals surface area contributed by atoms with E-state index in [4.69, 9.17) is 15.2 Å². The van der Waals surface area contributed by atoms with Crippen molar-refractivity contribution >= 4 is 40.1 Å². The van der Waals surface area contributed by atoms with Gasteiger partial charge in [-0.3, -0.25) is 19.7 Å². The molecule has 12 nitrogen and oxygen atoms in total. The maximum absolute atomic E-state index is 15.4. The summed E-state index contributed by atoms with van der Waals surface area (Å²) in [5.74, 6) is 0.451. The predicted molar refractivity (Wildman–Crippen MR) is 218 cm³/mol. The number of piperidine rings is 2. The number of nitrogens with one attached hydrogen (secondary N) is 2. The topological polar surface area (TPSA) is 152 Å². The van der Waals surface area contributed by atoms with Gasteiger partial charge in [-0.15, -0.1) is 0 Å². The van der Waals surface area contributed by atoms with Crippen molar-refractivity contribution in [3.8, 4) is 11.5 Å². The van der Waals surface area contributed by atoms with Gasteiger partial charge in [-0.1, -0.05) is 25.3 Å². The van der Waals surface area contributed by atoms with E-state index in [1.54, 1.807) is 33.1 Å². The number of likely N-dealkylation sites (tertiary alicyclic amines) is 1. The number of hydrogen-bond donors (Lipinski definition) is 3. The maximum atomic E-state index is 15.4. The number of methoxy groups -OCH3 is 1. The number of fused-ring (bicyclic) bond motifs is 2. The fraction of sp³-hybridized carbons (Fsp3) is 0.477. The lowest BCUT2D eigenvalue weighted by atomic mass is 9.87. The van der Waals surface area contributed by atoms with E-state index in [0.29, 0.717) is 57.3 Å². The Morgan fingerprint density at radius 3 is 2.43 bits per heavy atom. The summed E-state index contributed by atoms with van der Waals surface area (Å²) in [4.78, 5) is 50.1. The van der Waals surface area contributed by atoms with Gasteiger partial charge in [0.05, 0.1) is 30.8 Å². The van der Waals surface area contributed by atoms with Crippen LogP contribution in [0.5, 0.6) is 11.5 Å². The summed E-state index contributed by atoms with van der Waals surface area (Å²) in [5.41, 5.74) is 7.65. The highest BCUT2D eigenvalue weighted by Gasteiger charge is 2.40. The van der Waals surface area contributed by atoms with Crippen LogP contribution in [0.1, 0.15) is 115 Å². The molecule has 7 rings (SSSR count). The number of nitrogens with zero attached hydrogens (tertiary/aromatic N) is 4. The number of aryl methyl sites for hydroxylation is 1. The Morgan fingerprint density at radius 2 is 1.70 bits per heavy atom. The van der Waals surface area contributed by atoms with Crippen molar-refractivity contribution in [1.29, 1.82) is 0 Å². The zero-order valence-electron chi connectivity index (χ0n) is 34.1. The van der Waals surface area contributed by atoms with Gasteiger partial charge in [0.1, 0.15) is 23.5 Å². The summed E-state index contributed by atoms with van der Waals surface area (Å²) in [6, 6.07) is 8.93. The van der Waals surface area contributed by atoms with Crippen LogP contribution in [0.2, 0.25) is 0 Å². The Morgan fingerprint density at radius 1 is 0.950 bits per heavy atom. The minimum atomic E-state index is -4.52. The highest BCUT2D eigenvalue weighted by atomic mass is 19.4. The van der Waals surface area contributed by atoms with Crippen molar-refractivity contribution in [2.75, 3.05) is 44.4 Å². The monoisotopic (exact) mass is 833 g/mol. The average Bonchev–Trinajstić information content (AvgIpc) is 3.51. The third-order valence-corrected chi connectivity index (χ3v) is 11.8. The van der Waals surface area contributed by atoms with Crippen LogP contribution in [-0.2, 0) is 22.3 Å². The van der Waals surface area contributed by atoms with E-state index in [9.17, 15) is 27.6 Å². The molecule has 60 heavy (non-hydrogen) atoms. The van der Waals surface area contributed by atoms with Gasteiger partial charge >= 0.3 is 6.18 Å². The summed E-state index contributed by atoms with van der Waals surface area (Å²) in [6.45, 7) is 6.93. The van der Waals surface area contributed by atoms with Gasteiger partial charge in [0.15, 0.2) is 11.5 Å². The van der Waals surface area contributed by atoms with E-state index in [2.05, 4.69) is 25.5 Å². The minimum absolute atomic E-state index is 0.0200. The van der Waals surface area contributed by atoms with Gasteiger partial charge in [0.2, 0.25) is 11.8 Å². The van der Waals surface area contributed by atoms with Gasteiger partial charge in [0, 0.05) is 35.7 Å². The van der Waals surface area contributed by atoms with Gasteiger partial charge in [-0.05, 0) is 119 Å². The lowest BCUT2D eigenvalue weighted by Crippen LogP contribution is -2.52. The number of rotatable bonds is 15. The molecule has 4 heterocycles. The van der Waals surface area contributed by atoms with E-state index in [-0.39, 0.29) is 48.6 Å². The Labute approximate surface area is 346 Å².